The van der Waals surface area contributed by atoms with E-state index < -0.39 is 0 Å². The van der Waals surface area contributed by atoms with Crippen molar-refractivity contribution in [2.45, 2.75) is 0 Å². The quantitative estimate of drug-likeness (QED) is 0.392. The van der Waals surface area contributed by atoms with Crippen LogP contribution in [0.4, 0.5) is 0 Å². The van der Waals surface area contributed by atoms with Crippen LogP contribution in [0.25, 0.3) is 17.0 Å². The number of nitrogens with zero attached hydrogens (tertiary/aromatic N) is 1. The van der Waals surface area contributed by atoms with E-state index in [0.29, 0.717) is 37.6 Å². The van der Waals surface area contributed by atoms with E-state index in [1.165, 1.54) is 11.8 Å². The number of thioether (sulfide) groups is 1. The predicted molar refractivity (Wildman–Crippen MR) is 116 cm³/mol. The molecular weight excluding hydrogens is 408 g/mol. The number of methoxy groups -OCH3 is 2. The predicted octanol–water partition coefficient (Wildman–Crippen LogP) is 3.73. The van der Waals surface area contributed by atoms with Gasteiger partial charge in [0.2, 0.25) is 0 Å². The topological polar surface area (TPSA) is 73.6 Å². The van der Waals surface area contributed by atoms with E-state index in [0.717, 1.165) is 10.9 Å². The molecule has 8 heteroatoms. The van der Waals surface area contributed by atoms with Gasteiger partial charge in [-0.25, -0.2) is 0 Å². The minimum Gasteiger partial charge on any atom is -0.497 e. The summed E-state index contributed by atoms with van der Waals surface area (Å²) in [7, 11) is 3.18. The summed E-state index contributed by atoms with van der Waals surface area (Å²) in [4.78, 5) is 16.6. The molecular formula is C21H14N2O4S2. The third-order valence-electron chi connectivity index (χ3n) is 4.05. The molecule has 29 heavy (non-hydrogen) atoms. The lowest BCUT2D eigenvalue weighted by Crippen LogP contribution is -2.17. The summed E-state index contributed by atoms with van der Waals surface area (Å²) in [6, 6.07) is 7.23. The zero-order valence-electron chi connectivity index (χ0n) is 15.4. The number of thiocarbonyl (C=S) groups is 1. The van der Waals surface area contributed by atoms with Gasteiger partial charge >= 0.3 is 0 Å². The highest BCUT2D eigenvalue weighted by atomic mass is 32.2. The molecule has 2 aromatic heterocycles. The Labute approximate surface area is 176 Å². The normalized spacial score (nSPS) is 14.6. The van der Waals surface area contributed by atoms with Crippen LogP contribution in [-0.2, 0) is 4.79 Å². The number of carbonyl (C=O) groups is 1. The third kappa shape index (κ3) is 4.11. The number of aromatic nitrogens is 1. The Morgan fingerprint density at radius 3 is 2.55 bits per heavy atom. The molecule has 1 aromatic carbocycles. The van der Waals surface area contributed by atoms with E-state index in [1.807, 2.05) is 18.2 Å². The van der Waals surface area contributed by atoms with Gasteiger partial charge in [0.05, 0.1) is 24.7 Å². The lowest BCUT2D eigenvalue weighted by atomic mass is 10.1. The minimum atomic E-state index is -0.231. The lowest BCUT2D eigenvalue weighted by Gasteiger charge is -2.04. The number of benzene rings is 1. The summed E-state index contributed by atoms with van der Waals surface area (Å²) in [5.41, 5.74) is 1.97. The van der Waals surface area contributed by atoms with E-state index in [1.54, 1.807) is 38.8 Å². The fraction of sp³-hybridized carbons (Fsp3) is 0.0952. The van der Waals surface area contributed by atoms with Gasteiger partial charge in [0.15, 0.2) is 5.58 Å². The van der Waals surface area contributed by atoms with E-state index in [2.05, 4.69) is 22.1 Å². The summed E-state index contributed by atoms with van der Waals surface area (Å²) in [5, 5.41) is 3.37. The van der Waals surface area contributed by atoms with Gasteiger partial charge in [-0.05, 0) is 18.2 Å². The maximum atomic E-state index is 11.9. The SMILES string of the molecule is COc1cc(C#Cc2cncc3cc(C=C4SC(=S)NC4=O)oc23)cc(OC)c1. The molecule has 0 saturated carbocycles. The number of hydrogen-bond donors (Lipinski definition) is 1. The Bertz CT molecular complexity index is 1210. The first kappa shape index (κ1) is 19.1. The summed E-state index contributed by atoms with van der Waals surface area (Å²) < 4.78 is 16.9. The molecule has 144 valence electrons. The minimum absolute atomic E-state index is 0.231. The number of fused-ring (bicyclic) bond motifs is 1. The standard InChI is InChI=1S/C21H14N2O4S2/c1-25-15-5-12(6-16(8-15)26-2)3-4-13-10-22-11-14-7-17(27-19(13)14)9-18-20(24)23-21(28)29-18/h5-11H,1-2H3,(H,23,24,28). The van der Waals surface area contributed by atoms with Crippen LogP contribution >= 0.6 is 24.0 Å². The second kappa shape index (κ2) is 7.99. The van der Waals surface area contributed by atoms with Gasteiger partial charge in [-0.3, -0.25) is 9.78 Å². The molecule has 3 heterocycles. The van der Waals surface area contributed by atoms with Crippen LogP contribution in [-0.4, -0.2) is 29.4 Å². The largest absolute Gasteiger partial charge is 0.497 e. The highest BCUT2D eigenvalue weighted by Crippen LogP contribution is 2.29. The van der Waals surface area contributed by atoms with Crippen LogP contribution in [0.2, 0.25) is 0 Å². The van der Waals surface area contributed by atoms with E-state index in [9.17, 15) is 4.79 Å². The molecule has 0 spiro atoms. The Morgan fingerprint density at radius 1 is 1.14 bits per heavy atom. The summed E-state index contributed by atoms with van der Waals surface area (Å²) in [6.07, 6.45) is 4.98. The number of carbonyl (C=O) groups excluding carboxylic acids is 1. The molecule has 1 saturated heterocycles. The van der Waals surface area contributed by atoms with Crippen molar-refractivity contribution in [3.8, 4) is 23.3 Å². The highest BCUT2D eigenvalue weighted by molar-refractivity contribution is 8.26. The molecule has 1 N–H and O–H groups in total. The summed E-state index contributed by atoms with van der Waals surface area (Å²) >= 11 is 6.21. The van der Waals surface area contributed by atoms with Crippen molar-refractivity contribution in [3.05, 3.63) is 58.5 Å². The first-order chi connectivity index (χ1) is 14.1. The van der Waals surface area contributed by atoms with Gasteiger partial charge in [-0.1, -0.05) is 35.8 Å². The Hall–Kier alpha value is -3.28. The molecule has 0 unspecified atom stereocenters. The maximum Gasteiger partial charge on any atom is 0.263 e. The number of pyridine rings is 1. The molecule has 6 nitrogen and oxygen atoms in total. The molecule has 1 aliphatic heterocycles. The number of furan rings is 1. The molecule has 1 fully saturated rings. The smallest absolute Gasteiger partial charge is 0.263 e. The van der Waals surface area contributed by atoms with Crippen LogP contribution in [0.15, 0.2) is 46.0 Å². The zero-order chi connectivity index (χ0) is 20.4. The van der Waals surface area contributed by atoms with E-state index in [4.69, 9.17) is 26.1 Å². The van der Waals surface area contributed by atoms with Crippen molar-refractivity contribution in [2.75, 3.05) is 14.2 Å². The second-order valence-electron chi connectivity index (χ2n) is 5.96. The fourth-order valence-electron chi connectivity index (χ4n) is 2.71. The number of amides is 1. The third-order valence-corrected chi connectivity index (χ3v) is 5.21. The molecule has 0 atom stereocenters. The summed E-state index contributed by atoms with van der Waals surface area (Å²) in [5.74, 6) is 7.78. The first-order valence-electron chi connectivity index (χ1n) is 8.43. The number of ether oxygens (including phenoxy) is 2. The van der Waals surface area contributed by atoms with Crippen molar-refractivity contribution in [1.82, 2.24) is 10.3 Å². The average Bonchev–Trinajstić information content (AvgIpc) is 3.28. The first-order valence-corrected chi connectivity index (χ1v) is 9.65. The van der Waals surface area contributed by atoms with Gasteiger partial charge < -0.3 is 19.2 Å². The average molecular weight is 422 g/mol. The monoisotopic (exact) mass is 422 g/mol. The number of rotatable bonds is 3. The summed E-state index contributed by atoms with van der Waals surface area (Å²) in [6.45, 7) is 0. The Kier molecular flexibility index (Phi) is 5.25. The van der Waals surface area contributed by atoms with Crippen molar-refractivity contribution in [1.29, 1.82) is 0 Å². The van der Waals surface area contributed by atoms with Crippen LogP contribution in [0, 0.1) is 11.8 Å². The fourth-order valence-corrected chi connectivity index (χ4v) is 3.74. The molecule has 4 rings (SSSR count). The molecule has 0 bridgehead atoms. The number of nitrogens with one attached hydrogen (secondary N) is 1. The molecule has 0 radical (unpaired) electrons. The molecule has 3 aromatic rings. The molecule has 1 amide bonds. The molecule has 1 aliphatic rings. The molecule has 0 aliphatic carbocycles. The maximum absolute atomic E-state index is 11.9. The van der Waals surface area contributed by atoms with Gasteiger partial charge in [-0.15, -0.1) is 0 Å². The Balaban J connectivity index is 1.71. The van der Waals surface area contributed by atoms with Crippen molar-refractivity contribution in [3.63, 3.8) is 0 Å². The van der Waals surface area contributed by atoms with Gasteiger partial charge in [0, 0.05) is 35.5 Å². The van der Waals surface area contributed by atoms with Crippen molar-refractivity contribution in [2.24, 2.45) is 0 Å². The van der Waals surface area contributed by atoms with Gasteiger partial charge in [0.1, 0.15) is 21.6 Å². The number of hydrogen-bond acceptors (Lipinski definition) is 7. The van der Waals surface area contributed by atoms with Crippen LogP contribution in [0.3, 0.4) is 0 Å². The van der Waals surface area contributed by atoms with Crippen LogP contribution in [0.1, 0.15) is 16.9 Å². The Morgan fingerprint density at radius 2 is 1.90 bits per heavy atom. The lowest BCUT2D eigenvalue weighted by molar-refractivity contribution is -0.115. The van der Waals surface area contributed by atoms with Crippen molar-refractivity contribution >= 4 is 51.3 Å². The van der Waals surface area contributed by atoms with Crippen molar-refractivity contribution < 1.29 is 18.7 Å². The van der Waals surface area contributed by atoms with Crippen LogP contribution in [0.5, 0.6) is 11.5 Å². The highest BCUT2D eigenvalue weighted by Gasteiger charge is 2.22. The zero-order valence-corrected chi connectivity index (χ0v) is 17.1. The van der Waals surface area contributed by atoms with Crippen LogP contribution < -0.4 is 14.8 Å². The van der Waals surface area contributed by atoms with Gasteiger partial charge in [0.25, 0.3) is 5.91 Å². The van der Waals surface area contributed by atoms with Gasteiger partial charge in [-0.2, -0.15) is 0 Å². The second-order valence-corrected chi connectivity index (χ2v) is 7.68. The van der Waals surface area contributed by atoms with E-state index in [-0.39, 0.29) is 5.91 Å². The van der Waals surface area contributed by atoms with E-state index >= 15 is 0 Å².